The second-order valence-electron chi connectivity index (χ2n) is 3.56. The van der Waals surface area contributed by atoms with Gasteiger partial charge >= 0.3 is 5.97 Å². The number of pyridine rings is 1. The van der Waals surface area contributed by atoms with E-state index >= 15 is 0 Å². The number of hydrogen-bond donors (Lipinski definition) is 1. The number of aryl methyl sites for hydroxylation is 1. The fraction of sp³-hybridized carbons (Fsp3) is 0.250. The average molecular weight is 248 g/mol. The Labute approximate surface area is 103 Å². The van der Waals surface area contributed by atoms with Gasteiger partial charge in [-0.15, -0.1) is 0 Å². The van der Waals surface area contributed by atoms with Gasteiger partial charge in [-0.2, -0.15) is 0 Å². The van der Waals surface area contributed by atoms with Gasteiger partial charge < -0.3 is 14.4 Å². The first-order valence-electron chi connectivity index (χ1n) is 5.43. The van der Waals surface area contributed by atoms with Crippen molar-refractivity contribution in [3.63, 3.8) is 0 Å². The van der Waals surface area contributed by atoms with E-state index in [0.717, 1.165) is 0 Å². The molecule has 0 saturated heterocycles. The maximum absolute atomic E-state index is 11.2. The van der Waals surface area contributed by atoms with Crippen LogP contribution in [0.2, 0.25) is 0 Å². The number of rotatable bonds is 4. The van der Waals surface area contributed by atoms with Crippen molar-refractivity contribution in [2.75, 3.05) is 6.61 Å². The van der Waals surface area contributed by atoms with Crippen LogP contribution in [0.15, 0.2) is 22.9 Å². The highest BCUT2D eigenvalue weighted by Gasteiger charge is 2.23. The van der Waals surface area contributed by atoms with Crippen molar-refractivity contribution in [1.29, 1.82) is 0 Å². The monoisotopic (exact) mass is 248 g/mol. The average Bonchev–Trinajstić information content (AvgIpc) is 2.72. The zero-order valence-corrected chi connectivity index (χ0v) is 10.0. The summed E-state index contributed by atoms with van der Waals surface area (Å²) >= 11 is 0. The molecule has 0 aliphatic rings. The lowest BCUT2D eigenvalue weighted by Gasteiger charge is -2.06. The summed E-state index contributed by atoms with van der Waals surface area (Å²) < 4.78 is 10.3. The number of aromatic carboxylic acids is 1. The first-order chi connectivity index (χ1) is 8.65. The van der Waals surface area contributed by atoms with Crippen molar-refractivity contribution in [1.82, 2.24) is 10.1 Å². The molecule has 6 nitrogen and oxygen atoms in total. The molecule has 0 fully saturated rings. The molecule has 0 spiro atoms. The molecule has 2 rings (SSSR count). The number of carbonyl (C=O) groups is 1. The van der Waals surface area contributed by atoms with E-state index in [1.807, 2.05) is 6.92 Å². The molecule has 94 valence electrons. The zero-order chi connectivity index (χ0) is 13.1. The Balaban J connectivity index is 2.58. The molecule has 0 saturated carbocycles. The summed E-state index contributed by atoms with van der Waals surface area (Å²) in [7, 11) is 0. The lowest BCUT2D eigenvalue weighted by molar-refractivity contribution is 0.0696. The van der Waals surface area contributed by atoms with Crippen LogP contribution in [0, 0.1) is 6.92 Å². The maximum atomic E-state index is 11.2. The molecule has 2 aromatic heterocycles. The third-order valence-corrected chi connectivity index (χ3v) is 2.38. The summed E-state index contributed by atoms with van der Waals surface area (Å²) in [4.78, 5) is 15.2. The molecule has 1 N–H and O–H groups in total. The summed E-state index contributed by atoms with van der Waals surface area (Å²) in [6, 6.07) is 3.38. The topological polar surface area (TPSA) is 85.5 Å². The Hall–Kier alpha value is -2.37. The van der Waals surface area contributed by atoms with Crippen LogP contribution in [-0.2, 0) is 0 Å². The fourth-order valence-corrected chi connectivity index (χ4v) is 1.63. The van der Waals surface area contributed by atoms with Crippen LogP contribution in [0.1, 0.15) is 23.0 Å². The number of carboxylic acid groups (broad SMARTS) is 1. The Kier molecular flexibility index (Phi) is 3.27. The molecule has 18 heavy (non-hydrogen) atoms. The van der Waals surface area contributed by atoms with Gasteiger partial charge in [0.25, 0.3) is 0 Å². The quantitative estimate of drug-likeness (QED) is 0.892. The van der Waals surface area contributed by atoms with E-state index < -0.39 is 5.97 Å². The predicted octanol–water partition coefficient (Wildman–Crippen LogP) is 2.14. The standard InChI is InChI=1S/C12H12N2O4/c1-3-17-11-8(5-4-6-13-11)10-9(12(15)16)7(2)18-14-10/h4-6H,3H2,1-2H3,(H,15,16). The van der Waals surface area contributed by atoms with Crippen molar-refractivity contribution < 1.29 is 19.2 Å². The number of aromatic nitrogens is 2. The Morgan fingerprint density at radius 3 is 3.00 bits per heavy atom. The van der Waals surface area contributed by atoms with Crippen LogP contribution < -0.4 is 4.74 Å². The molecule has 2 aromatic rings. The molecule has 0 amide bonds. The molecule has 0 bridgehead atoms. The SMILES string of the molecule is CCOc1ncccc1-c1noc(C)c1C(=O)O. The van der Waals surface area contributed by atoms with Crippen molar-refractivity contribution in [2.45, 2.75) is 13.8 Å². The first-order valence-corrected chi connectivity index (χ1v) is 5.43. The zero-order valence-electron chi connectivity index (χ0n) is 10.0. The van der Waals surface area contributed by atoms with Gasteiger partial charge in [0.2, 0.25) is 5.88 Å². The highest BCUT2D eigenvalue weighted by Crippen LogP contribution is 2.31. The number of hydrogen-bond acceptors (Lipinski definition) is 5. The van der Waals surface area contributed by atoms with E-state index in [9.17, 15) is 4.79 Å². The number of carboxylic acids is 1. The van der Waals surface area contributed by atoms with Gasteiger partial charge in [-0.1, -0.05) is 5.16 Å². The predicted molar refractivity (Wildman–Crippen MR) is 62.6 cm³/mol. The lowest BCUT2D eigenvalue weighted by atomic mass is 10.1. The third kappa shape index (κ3) is 2.04. The van der Waals surface area contributed by atoms with Gasteiger partial charge in [-0.05, 0) is 26.0 Å². The van der Waals surface area contributed by atoms with E-state index in [1.54, 1.807) is 25.3 Å². The molecule has 0 aliphatic heterocycles. The van der Waals surface area contributed by atoms with E-state index in [4.69, 9.17) is 14.4 Å². The highest BCUT2D eigenvalue weighted by atomic mass is 16.5. The van der Waals surface area contributed by atoms with Crippen LogP contribution in [0.5, 0.6) is 5.88 Å². The second kappa shape index (κ2) is 4.87. The van der Waals surface area contributed by atoms with Crippen LogP contribution in [0.3, 0.4) is 0 Å². The van der Waals surface area contributed by atoms with Crippen LogP contribution in [-0.4, -0.2) is 27.8 Å². The van der Waals surface area contributed by atoms with Crippen LogP contribution >= 0.6 is 0 Å². The summed E-state index contributed by atoms with van der Waals surface area (Å²) in [6.45, 7) is 3.81. The molecule has 2 heterocycles. The van der Waals surface area contributed by atoms with Crippen LogP contribution in [0.4, 0.5) is 0 Å². The Bertz CT molecular complexity index is 577. The summed E-state index contributed by atoms with van der Waals surface area (Å²) in [5.74, 6) is -0.491. The minimum Gasteiger partial charge on any atom is -0.477 e. The molecule has 0 atom stereocenters. The Morgan fingerprint density at radius 1 is 1.56 bits per heavy atom. The van der Waals surface area contributed by atoms with Gasteiger partial charge in [0.15, 0.2) is 0 Å². The molecule has 0 aliphatic carbocycles. The molecule has 0 unspecified atom stereocenters. The highest BCUT2D eigenvalue weighted by molar-refractivity contribution is 5.96. The third-order valence-electron chi connectivity index (χ3n) is 2.38. The van der Waals surface area contributed by atoms with E-state index in [-0.39, 0.29) is 17.0 Å². The summed E-state index contributed by atoms with van der Waals surface area (Å²) in [5.41, 5.74) is 0.772. The summed E-state index contributed by atoms with van der Waals surface area (Å²) in [5, 5.41) is 12.9. The minimum absolute atomic E-state index is 0.0314. The van der Waals surface area contributed by atoms with Crippen LogP contribution in [0.25, 0.3) is 11.3 Å². The molecular weight excluding hydrogens is 236 g/mol. The van der Waals surface area contributed by atoms with Gasteiger partial charge in [-0.3, -0.25) is 0 Å². The fourth-order valence-electron chi connectivity index (χ4n) is 1.63. The Morgan fingerprint density at radius 2 is 2.33 bits per heavy atom. The van der Waals surface area contributed by atoms with Gasteiger partial charge in [0.1, 0.15) is 17.0 Å². The smallest absolute Gasteiger partial charge is 0.341 e. The first kappa shape index (κ1) is 12.1. The minimum atomic E-state index is -1.09. The van der Waals surface area contributed by atoms with Gasteiger partial charge in [-0.25, -0.2) is 9.78 Å². The van der Waals surface area contributed by atoms with Crippen molar-refractivity contribution in [3.05, 3.63) is 29.7 Å². The number of ether oxygens (including phenoxy) is 1. The van der Waals surface area contributed by atoms with Gasteiger partial charge in [0, 0.05) is 6.20 Å². The maximum Gasteiger partial charge on any atom is 0.341 e. The second-order valence-corrected chi connectivity index (χ2v) is 3.56. The molecular formula is C12H12N2O4. The summed E-state index contributed by atoms with van der Waals surface area (Å²) in [6.07, 6.45) is 1.57. The number of nitrogens with zero attached hydrogens (tertiary/aromatic N) is 2. The molecule has 6 heteroatoms. The molecule has 0 aromatic carbocycles. The van der Waals surface area contributed by atoms with E-state index in [2.05, 4.69) is 10.1 Å². The van der Waals surface area contributed by atoms with Crippen molar-refractivity contribution in [3.8, 4) is 17.1 Å². The van der Waals surface area contributed by atoms with Crippen molar-refractivity contribution >= 4 is 5.97 Å². The van der Waals surface area contributed by atoms with E-state index in [1.165, 1.54) is 0 Å². The normalized spacial score (nSPS) is 10.3. The largest absolute Gasteiger partial charge is 0.477 e. The van der Waals surface area contributed by atoms with Gasteiger partial charge in [0.05, 0.1) is 12.2 Å². The van der Waals surface area contributed by atoms with Crippen molar-refractivity contribution in [2.24, 2.45) is 0 Å². The molecule has 0 radical (unpaired) electrons. The lowest BCUT2D eigenvalue weighted by Crippen LogP contribution is -2.02. The van der Waals surface area contributed by atoms with E-state index in [0.29, 0.717) is 18.1 Å².